The lowest BCUT2D eigenvalue weighted by Gasteiger charge is -2.10. The summed E-state index contributed by atoms with van der Waals surface area (Å²) in [7, 11) is 0. The van der Waals surface area contributed by atoms with Gasteiger partial charge in [-0.05, 0) is 18.6 Å². The molecule has 4 heteroatoms. The fourth-order valence-electron chi connectivity index (χ4n) is 1.88. The van der Waals surface area contributed by atoms with Crippen molar-refractivity contribution in [3.8, 4) is 0 Å². The molecule has 1 aromatic heterocycles. The number of rotatable bonds is 4. The van der Waals surface area contributed by atoms with Crippen molar-refractivity contribution in [2.45, 2.75) is 33.7 Å². The Morgan fingerprint density at radius 3 is 2.78 bits per heavy atom. The number of imidazole rings is 1. The summed E-state index contributed by atoms with van der Waals surface area (Å²) >= 11 is 0. The number of hydrogen-bond acceptors (Lipinski definition) is 2. The molecule has 0 saturated carbocycles. The molecule has 4 nitrogen and oxygen atoms in total. The summed E-state index contributed by atoms with van der Waals surface area (Å²) in [5.74, 6) is 0.610. The van der Waals surface area contributed by atoms with Gasteiger partial charge in [0.25, 0.3) is 0 Å². The molecule has 0 aliphatic carbocycles. The van der Waals surface area contributed by atoms with Crippen LogP contribution < -0.4 is 5.32 Å². The van der Waals surface area contributed by atoms with Gasteiger partial charge in [-0.15, -0.1) is 0 Å². The second-order valence-corrected chi connectivity index (χ2v) is 4.72. The number of carbonyl (C=O) groups excluding carboxylic acids is 1. The van der Waals surface area contributed by atoms with Crippen LogP contribution in [0.1, 0.15) is 27.2 Å². The third-order valence-electron chi connectivity index (χ3n) is 2.86. The Kier molecular flexibility index (Phi) is 3.65. The Morgan fingerprint density at radius 1 is 1.39 bits per heavy atom. The smallest absolute Gasteiger partial charge is 0.229 e. The van der Waals surface area contributed by atoms with Gasteiger partial charge in [-0.2, -0.15) is 0 Å². The largest absolute Gasteiger partial charge is 0.310 e. The number of carbonyl (C=O) groups is 1. The van der Waals surface area contributed by atoms with Crippen molar-refractivity contribution in [1.82, 2.24) is 9.55 Å². The van der Waals surface area contributed by atoms with Crippen molar-refractivity contribution in [3.63, 3.8) is 0 Å². The lowest BCUT2D eigenvalue weighted by atomic mass is 10.2. The van der Waals surface area contributed by atoms with E-state index in [1.165, 1.54) is 0 Å². The van der Waals surface area contributed by atoms with Gasteiger partial charge in [-0.25, -0.2) is 4.98 Å². The van der Waals surface area contributed by atoms with Crippen LogP contribution in [0.5, 0.6) is 0 Å². The van der Waals surface area contributed by atoms with E-state index in [1.807, 2.05) is 38.1 Å². The summed E-state index contributed by atoms with van der Waals surface area (Å²) < 4.78 is 2.07. The third-order valence-corrected chi connectivity index (χ3v) is 2.86. The summed E-state index contributed by atoms with van der Waals surface area (Å²) in [5.41, 5.74) is 1.99. The number of anilines is 1. The standard InChI is InChI=1S/C14H19N3O/c1-4-9-17-12-8-6-5-7-11(12)15-14(17)16-13(18)10(2)3/h5-8,10H,4,9H2,1-3H3,(H,15,16,18). The lowest BCUT2D eigenvalue weighted by molar-refractivity contribution is -0.118. The number of para-hydroxylation sites is 2. The highest BCUT2D eigenvalue weighted by atomic mass is 16.2. The maximum Gasteiger partial charge on any atom is 0.229 e. The van der Waals surface area contributed by atoms with Crippen LogP contribution in [0.4, 0.5) is 5.95 Å². The minimum atomic E-state index is -0.0418. The molecular weight excluding hydrogens is 226 g/mol. The predicted octanol–water partition coefficient (Wildman–Crippen LogP) is 3.04. The zero-order chi connectivity index (χ0) is 13.1. The molecule has 18 heavy (non-hydrogen) atoms. The quantitative estimate of drug-likeness (QED) is 0.900. The lowest BCUT2D eigenvalue weighted by Crippen LogP contribution is -2.20. The van der Waals surface area contributed by atoms with E-state index in [9.17, 15) is 4.79 Å². The zero-order valence-corrected chi connectivity index (χ0v) is 11.1. The van der Waals surface area contributed by atoms with Crippen LogP contribution in [0.15, 0.2) is 24.3 Å². The van der Waals surface area contributed by atoms with Gasteiger partial charge in [0.2, 0.25) is 11.9 Å². The Hall–Kier alpha value is -1.84. The van der Waals surface area contributed by atoms with Crippen molar-refractivity contribution >= 4 is 22.9 Å². The highest BCUT2D eigenvalue weighted by molar-refractivity contribution is 5.92. The molecule has 1 heterocycles. The second kappa shape index (κ2) is 5.21. The molecule has 1 amide bonds. The van der Waals surface area contributed by atoms with Gasteiger partial charge < -0.3 is 4.57 Å². The van der Waals surface area contributed by atoms with Crippen LogP contribution in [0.3, 0.4) is 0 Å². The Bertz CT molecular complexity index is 557. The first-order valence-corrected chi connectivity index (χ1v) is 6.39. The molecule has 0 unspecified atom stereocenters. The average Bonchev–Trinajstić information content (AvgIpc) is 2.68. The van der Waals surface area contributed by atoms with Crippen LogP contribution in [0.25, 0.3) is 11.0 Å². The van der Waals surface area contributed by atoms with Gasteiger partial charge in [0.15, 0.2) is 0 Å². The molecule has 0 bridgehead atoms. The van der Waals surface area contributed by atoms with Crippen LogP contribution in [0.2, 0.25) is 0 Å². The van der Waals surface area contributed by atoms with Crippen LogP contribution >= 0.6 is 0 Å². The van der Waals surface area contributed by atoms with Gasteiger partial charge in [0.1, 0.15) is 0 Å². The van der Waals surface area contributed by atoms with Gasteiger partial charge in [-0.3, -0.25) is 10.1 Å². The van der Waals surface area contributed by atoms with Crippen molar-refractivity contribution in [1.29, 1.82) is 0 Å². The predicted molar refractivity (Wildman–Crippen MR) is 73.5 cm³/mol. The van der Waals surface area contributed by atoms with E-state index in [4.69, 9.17) is 0 Å². The first kappa shape index (κ1) is 12.6. The number of amides is 1. The van der Waals surface area contributed by atoms with Gasteiger partial charge in [0.05, 0.1) is 11.0 Å². The van der Waals surface area contributed by atoms with Crippen LogP contribution in [-0.4, -0.2) is 15.5 Å². The highest BCUT2D eigenvalue weighted by Gasteiger charge is 2.14. The number of aryl methyl sites for hydroxylation is 1. The molecular formula is C14H19N3O. The Balaban J connectivity index is 2.42. The summed E-state index contributed by atoms with van der Waals surface area (Å²) in [5, 5.41) is 2.90. The van der Waals surface area contributed by atoms with E-state index in [0.29, 0.717) is 5.95 Å². The Morgan fingerprint density at radius 2 is 2.11 bits per heavy atom. The number of fused-ring (bicyclic) bond motifs is 1. The van der Waals surface area contributed by atoms with E-state index in [2.05, 4.69) is 21.8 Å². The molecule has 1 aromatic carbocycles. The van der Waals surface area contributed by atoms with Gasteiger partial charge in [0, 0.05) is 12.5 Å². The van der Waals surface area contributed by atoms with Crippen molar-refractivity contribution in [2.75, 3.05) is 5.32 Å². The van der Waals surface area contributed by atoms with Crippen molar-refractivity contribution in [2.24, 2.45) is 5.92 Å². The second-order valence-electron chi connectivity index (χ2n) is 4.72. The minimum Gasteiger partial charge on any atom is -0.310 e. The number of hydrogen-bond donors (Lipinski definition) is 1. The molecule has 0 saturated heterocycles. The topological polar surface area (TPSA) is 46.9 Å². The normalized spacial score (nSPS) is 11.1. The number of nitrogens with zero attached hydrogens (tertiary/aromatic N) is 2. The van der Waals surface area contributed by atoms with Crippen molar-refractivity contribution in [3.05, 3.63) is 24.3 Å². The van der Waals surface area contributed by atoms with E-state index < -0.39 is 0 Å². The molecule has 96 valence electrons. The average molecular weight is 245 g/mol. The van der Waals surface area contributed by atoms with E-state index in [-0.39, 0.29) is 11.8 Å². The van der Waals surface area contributed by atoms with E-state index >= 15 is 0 Å². The van der Waals surface area contributed by atoms with Crippen molar-refractivity contribution < 1.29 is 4.79 Å². The molecule has 0 aliphatic rings. The molecule has 0 aliphatic heterocycles. The molecule has 2 aromatic rings. The van der Waals surface area contributed by atoms with Crippen LogP contribution in [0, 0.1) is 5.92 Å². The summed E-state index contributed by atoms with van der Waals surface area (Å²) in [6.07, 6.45) is 1.00. The van der Waals surface area contributed by atoms with Gasteiger partial charge in [-0.1, -0.05) is 32.9 Å². The monoisotopic (exact) mass is 245 g/mol. The minimum absolute atomic E-state index is 0.00246. The Labute approximate surface area is 107 Å². The summed E-state index contributed by atoms with van der Waals surface area (Å²) in [6, 6.07) is 7.94. The molecule has 0 radical (unpaired) electrons. The first-order chi connectivity index (χ1) is 8.63. The molecule has 0 fully saturated rings. The number of benzene rings is 1. The molecule has 2 rings (SSSR count). The van der Waals surface area contributed by atoms with E-state index in [0.717, 1.165) is 24.0 Å². The number of nitrogens with one attached hydrogen (secondary N) is 1. The summed E-state index contributed by atoms with van der Waals surface area (Å²) in [6.45, 7) is 6.72. The summed E-state index contributed by atoms with van der Waals surface area (Å²) in [4.78, 5) is 16.3. The maximum absolute atomic E-state index is 11.8. The first-order valence-electron chi connectivity index (χ1n) is 6.39. The number of aromatic nitrogens is 2. The fourth-order valence-corrected chi connectivity index (χ4v) is 1.88. The third kappa shape index (κ3) is 2.37. The molecule has 0 atom stereocenters. The highest BCUT2D eigenvalue weighted by Crippen LogP contribution is 2.20. The molecule has 1 N–H and O–H groups in total. The SMILES string of the molecule is CCCn1c(NC(=O)C(C)C)nc2ccccc21. The fraction of sp³-hybridized carbons (Fsp3) is 0.429. The zero-order valence-electron chi connectivity index (χ0n) is 11.1. The molecule has 0 spiro atoms. The van der Waals surface area contributed by atoms with Crippen LogP contribution in [-0.2, 0) is 11.3 Å². The van der Waals surface area contributed by atoms with E-state index in [1.54, 1.807) is 0 Å². The van der Waals surface area contributed by atoms with Gasteiger partial charge >= 0.3 is 0 Å². The maximum atomic E-state index is 11.8.